The molecule has 2 N–H and O–H groups in total. The minimum absolute atomic E-state index is 0.0208. The summed E-state index contributed by atoms with van der Waals surface area (Å²) in [6.45, 7) is 0. The van der Waals surface area contributed by atoms with Gasteiger partial charge in [-0.05, 0) is 30.3 Å². The van der Waals surface area contributed by atoms with E-state index in [4.69, 9.17) is 23.2 Å². The third kappa shape index (κ3) is 2.88. The third-order valence-electron chi connectivity index (χ3n) is 3.25. The van der Waals surface area contributed by atoms with Crippen molar-refractivity contribution in [2.24, 2.45) is 0 Å². The Morgan fingerprint density at radius 1 is 1.09 bits per heavy atom. The molecule has 2 aromatic rings. The summed E-state index contributed by atoms with van der Waals surface area (Å²) in [6.07, 6.45) is 1.33. The summed E-state index contributed by atoms with van der Waals surface area (Å²) in [4.78, 5) is 25.5. The molecule has 0 radical (unpaired) electrons. The number of phenolic OH excluding ortho intramolecular Hbond substituents is 1. The van der Waals surface area contributed by atoms with E-state index in [9.17, 15) is 14.7 Å². The summed E-state index contributed by atoms with van der Waals surface area (Å²) in [5, 5.41) is 12.8. The fraction of sp³-hybridized carbons (Fsp3) is 0. The summed E-state index contributed by atoms with van der Waals surface area (Å²) in [5.41, 5.74) is 0.709. The molecule has 0 atom stereocenters. The Labute approximate surface area is 141 Å². The van der Waals surface area contributed by atoms with Gasteiger partial charge >= 0.3 is 6.03 Å². The first-order valence-corrected chi connectivity index (χ1v) is 7.33. The maximum Gasteiger partial charge on any atom is 0.333 e. The molecule has 0 aliphatic carbocycles. The molecule has 1 aliphatic heterocycles. The zero-order chi connectivity index (χ0) is 16.6. The second-order valence-electron chi connectivity index (χ2n) is 4.79. The Morgan fingerprint density at radius 2 is 1.78 bits per heavy atom. The van der Waals surface area contributed by atoms with Crippen LogP contribution in [-0.4, -0.2) is 17.0 Å². The number of benzene rings is 2. The lowest BCUT2D eigenvalue weighted by Crippen LogP contribution is -2.30. The van der Waals surface area contributed by atoms with Crippen LogP contribution in [-0.2, 0) is 4.79 Å². The molecule has 0 aromatic heterocycles. The molecule has 7 heteroatoms. The molecule has 3 rings (SSSR count). The Bertz CT molecular complexity index is 835. The quantitative estimate of drug-likeness (QED) is 0.640. The largest absolute Gasteiger partial charge is 0.506 e. The van der Waals surface area contributed by atoms with Crippen LogP contribution in [0.15, 0.2) is 48.2 Å². The predicted molar refractivity (Wildman–Crippen MR) is 88.6 cm³/mol. The first kappa shape index (κ1) is 15.4. The number of aromatic hydroxyl groups is 1. The van der Waals surface area contributed by atoms with Crippen molar-refractivity contribution in [3.05, 3.63) is 63.8 Å². The maximum absolute atomic E-state index is 12.4. The van der Waals surface area contributed by atoms with Gasteiger partial charge in [0.1, 0.15) is 11.4 Å². The molecule has 0 bridgehead atoms. The molecule has 23 heavy (non-hydrogen) atoms. The zero-order valence-electron chi connectivity index (χ0n) is 11.6. The average Bonchev–Trinajstić information content (AvgIpc) is 2.79. The van der Waals surface area contributed by atoms with Gasteiger partial charge in [0.2, 0.25) is 0 Å². The molecule has 1 saturated heterocycles. The Morgan fingerprint density at radius 3 is 2.48 bits per heavy atom. The number of phenols is 1. The summed E-state index contributed by atoms with van der Waals surface area (Å²) in [5.74, 6) is -0.750. The van der Waals surface area contributed by atoms with Gasteiger partial charge in [0.15, 0.2) is 0 Å². The van der Waals surface area contributed by atoms with E-state index in [1.165, 1.54) is 18.2 Å². The van der Waals surface area contributed by atoms with Crippen molar-refractivity contribution in [1.29, 1.82) is 0 Å². The van der Waals surface area contributed by atoms with Crippen LogP contribution in [0.2, 0.25) is 10.0 Å². The van der Waals surface area contributed by atoms with E-state index in [1.54, 1.807) is 30.3 Å². The Hall–Kier alpha value is -2.50. The lowest BCUT2D eigenvalue weighted by atomic mass is 10.1. The molecule has 3 amide bonds. The highest BCUT2D eigenvalue weighted by Gasteiger charge is 2.34. The van der Waals surface area contributed by atoms with Crippen LogP contribution in [0.25, 0.3) is 6.08 Å². The number of hydrogen-bond acceptors (Lipinski definition) is 3. The number of anilines is 1. The van der Waals surface area contributed by atoms with Gasteiger partial charge in [0, 0.05) is 10.6 Å². The molecule has 0 spiro atoms. The number of imide groups is 1. The van der Waals surface area contributed by atoms with Gasteiger partial charge in [0.05, 0.1) is 10.7 Å². The van der Waals surface area contributed by atoms with Crippen molar-refractivity contribution >= 4 is 46.9 Å². The van der Waals surface area contributed by atoms with Gasteiger partial charge in [-0.25, -0.2) is 9.69 Å². The molecule has 5 nitrogen and oxygen atoms in total. The highest BCUT2D eigenvalue weighted by molar-refractivity contribution is 6.36. The van der Waals surface area contributed by atoms with E-state index in [0.29, 0.717) is 10.7 Å². The van der Waals surface area contributed by atoms with Crippen LogP contribution in [0.5, 0.6) is 5.75 Å². The number of carbonyl (C=O) groups is 2. The van der Waals surface area contributed by atoms with Gasteiger partial charge in [-0.3, -0.25) is 4.79 Å². The number of rotatable bonds is 2. The minimum Gasteiger partial charge on any atom is -0.506 e. The summed E-state index contributed by atoms with van der Waals surface area (Å²) in [6, 6.07) is 10.8. The van der Waals surface area contributed by atoms with Gasteiger partial charge in [-0.1, -0.05) is 41.4 Å². The van der Waals surface area contributed by atoms with Gasteiger partial charge < -0.3 is 10.4 Å². The van der Waals surface area contributed by atoms with Crippen molar-refractivity contribution in [2.75, 3.05) is 4.90 Å². The second-order valence-corrected chi connectivity index (χ2v) is 5.63. The maximum atomic E-state index is 12.4. The number of hydrogen-bond donors (Lipinski definition) is 2. The predicted octanol–water partition coefficient (Wildman–Crippen LogP) is 3.80. The molecule has 1 aliphatic rings. The number of nitrogens with one attached hydrogen (secondary N) is 1. The first-order chi connectivity index (χ1) is 11.0. The van der Waals surface area contributed by atoms with Crippen molar-refractivity contribution in [1.82, 2.24) is 5.32 Å². The molecule has 0 saturated carbocycles. The summed E-state index contributed by atoms with van der Waals surface area (Å²) >= 11 is 11.7. The SMILES string of the molecule is O=C1N/C(=C/c2cc(Cl)cc(Cl)c2O)C(=O)N1c1ccccc1. The smallest absolute Gasteiger partial charge is 0.333 e. The van der Waals surface area contributed by atoms with E-state index in [1.807, 2.05) is 0 Å². The topological polar surface area (TPSA) is 69.6 Å². The van der Waals surface area contributed by atoms with Crippen LogP contribution >= 0.6 is 23.2 Å². The highest BCUT2D eigenvalue weighted by Crippen LogP contribution is 2.33. The molecule has 2 aromatic carbocycles. The molecule has 1 heterocycles. The Kier molecular flexibility index (Phi) is 3.98. The molecular weight excluding hydrogens is 339 g/mol. The molecule has 116 valence electrons. The first-order valence-electron chi connectivity index (χ1n) is 6.57. The normalized spacial score (nSPS) is 16.1. The van der Waals surface area contributed by atoms with E-state index in [2.05, 4.69) is 5.32 Å². The van der Waals surface area contributed by atoms with Crippen LogP contribution in [0.1, 0.15) is 5.56 Å². The zero-order valence-corrected chi connectivity index (χ0v) is 13.1. The van der Waals surface area contributed by atoms with Crippen molar-refractivity contribution in [2.45, 2.75) is 0 Å². The molecule has 0 unspecified atom stereocenters. The van der Waals surface area contributed by atoms with E-state index < -0.39 is 11.9 Å². The van der Waals surface area contributed by atoms with Gasteiger partial charge in [-0.15, -0.1) is 0 Å². The number of carbonyl (C=O) groups excluding carboxylic acids is 2. The minimum atomic E-state index is -0.569. The number of nitrogens with zero attached hydrogens (tertiary/aromatic N) is 1. The van der Waals surface area contributed by atoms with Crippen molar-refractivity contribution in [3.63, 3.8) is 0 Å². The lowest BCUT2D eigenvalue weighted by molar-refractivity contribution is -0.113. The van der Waals surface area contributed by atoms with Crippen LogP contribution < -0.4 is 10.2 Å². The highest BCUT2D eigenvalue weighted by atomic mass is 35.5. The van der Waals surface area contributed by atoms with Gasteiger partial charge in [-0.2, -0.15) is 0 Å². The average molecular weight is 349 g/mol. The van der Waals surface area contributed by atoms with Gasteiger partial charge in [0.25, 0.3) is 5.91 Å². The third-order valence-corrected chi connectivity index (χ3v) is 3.76. The summed E-state index contributed by atoms with van der Waals surface area (Å²) < 4.78 is 0. The van der Waals surface area contributed by atoms with Crippen LogP contribution in [0, 0.1) is 0 Å². The van der Waals surface area contributed by atoms with E-state index in [0.717, 1.165) is 4.90 Å². The van der Waals surface area contributed by atoms with E-state index in [-0.39, 0.29) is 22.0 Å². The van der Waals surface area contributed by atoms with Crippen LogP contribution in [0.4, 0.5) is 10.5 Å². The number of halogens is 2. The lowest BCUT2D eigenvalue weighted by Gasteiger charge is -2.10. The number of amides is 3. The number of para-hydroxylation sites is 1. The van der Waals surface area contributed by atoms with Crippen molar-refractivity contribution in [3.8, 4) is 5.75 Å². The number of urea groups is 1. The summed E-state index contributed by atoms with van der Waals surface area (Å²) in [7, 11) is 0. The fourth-order valence-electron chi connectivity index (χ4n) is 2.20. The fourth-order valence-corrected chi connectivity index (χ4v) is 2.71. The molecular formula is C16H10Cl2N2O3. The standard InChI is InChI=1S/C16H10Cl2N2O3/c17-10-6-9(14(21)12(18)8-10)7-13-15(22)20(16(23)19-13)11-4-2-1-3-5-11/h1-8,21H,(H,19,23)/b13-7+. The van der Waals surface area contributed by atoms with Crippen molar-refractivity contribution < 1.29 is 14.7 Å². The Balaban J connectivity index is 2.00. The second kappa shape index (κ2) is 5.95. The monoisotopic (exact) mass is 348 g/mol. The van der Waals surface area contributed by atoms with E-state index >= 15 is 0 Å². The molecule has 1 fully saturated rings. The van der Waals surface area contributed by atoms with Crippen LogP contribution in [0.3, 0.4) is 0 Å².